The molecule has 1 aromatic carbocycles. The maximum absolute atomic E-state index is 14.0. The number of hydrogen-bond donors (Lipinski definition) is 1. The summed E-state index contributed by atoms with van der Waals surface area (Å²) in [6, 6.07) is 7.54. The van der Waals surface area contributed by atoms with Crippen molar-refractivity contribution in [1.82, 2.24) is 20.2 Å². The predicted octanol–water partition coefficient (Wildman–Crippen LogP) is 3.63. The van der Waals surface area contributed by atoms with Gasteiger partial charge in [0.25, 0.3) is 5.91 Å². The maximum Gasteiger partial charge on any atom is 0.257 e. The summed E-state index contributed by atoms with van der Waals surface area (Å²) in [4.78, 5) is 37.2. The summed E-state index contributed by atoms with van der Waals surface area (Å²) in [5.74, 6) is -0.0484. The average Bonchev–Trinajstić information content (AvgIpc) is 2.77. The largest absolute Gasteiger partial charge is 0.355 e. The first-order valence-electron chi connectivity index (χ1n) is 10.6. The molecule has 1 aliphatic heterocycles. The van der Waals surface area contributed by atoms with Crippen LogP contribution in [0.1, 0.15) is 37.0 Å². The first kappa shape index (κ1) is 24.3. The van der Waals surface area contributed by atoms with E-state index in [1.165, 1.54) is 23.9 Å². The summed E-state index contributed by atoms with van der Waals surface area (Å²) < 4.78 is 14.0. The lowest BCUT2D eigenvalue weighted by molar-refractivity contribution is -0.118. The van der Waals surface area contributed by atoms with E-state index in [1.54, 1.807) is 23.1 Å². The van der Waals surface area contributed by atoms with Crippen LogP contribution in [0.3, 0.4) is 0 Å². The number of aromatic nitrogens is 2. The topological polar surface area (TPSA) is 78.4 Å². The minimum atomic E-state index is -0.518. The summed E-state index contributed by atoms with van der Waals surface area (Å²) in [5.41, 5.74) is 0.0776. The van der Waals surface area contributed by atoms with Gasteiger partial charge in [-0.3, -0.25) is 9.59 Å². The number of anilines is 1. The molecule has 7 nitrogen and oxygen atoms in total. The number of thioether (sulfide) groups is 1. The Morgan fingerprint density at radius 3 is 2.78 bits per heavy atom. The van der Waals surface area contributed by atoms with Gasteiger partial charge in [0.2, 0.25) is 5.91 Å². The van der Waals surface area contributed by atoms with Crippen molar-refractivity contribution in [3.05, 3.63) is 46.9 Å². The molecule has 2 heterocycles. The number of rotatable bonds is 8. The molecule has 1 fully saturated rings. The van der Waals surface area contributed by atoms with Crippen LogP contribution in [0.4, 0.5) is 10.2 Å². The molecule has 1 aromatic heterocycles. The summed E-state index contributed by atoms with van der Waals surface area (Å²) in [7, 11) is 0. The van der Waals surface area contributed by atoms with Gasteiger partial charge in [-0.2, -0.15) is 0 Å². The van der Waals surface area contributed by atoms with Crippen LogP contribution in [-0.4, -0.2) is 64.7 Å². The van der Waals surface area contributed by atoms with Crippen molar-refractivity contribution >= 4 is 41.0 Å². The zero-order valence-electron chi connectivity index (χ0n) is 18.2. The number of piperazine rings is 1. The van der Waals surface area contributed by atoms with Crippen LogP contribution in [0.5, 0.6) is 0 Å². The highest BCUT2D eigenvalue weighted by Gasteiger charge is 2.30. The van der Waals surface area contributed by atoms with Crippen molar-refractivity contribution in [2.75, 3.05) is 36.8 Å². The Kier molecular flexibility index (Phi) is 8.69. The Balaban J connectivity index is 1.62. The van der Waals surface area contributed by atoms with Gasteiger partial charge in [-0.15, -0.1) is 0 Å². The van der Waals surface area contributed by atoms with Gasteiger partial charge in [-0.1, -0.05) is 48.8 Å². The van der Waals surface area contributed by atoms with Gasteiger partial charge in [0.1, 0.15) is 16.8 Å². The quantitative estimate of drug-likeness (QED) is 0.269. The Hall–Kier alpha value is -2.39. The van der Waals surface area contributed by atoms with E-state index in [1.807, 2.05) is 11.8 Å². The van der Waals surface area contributed by atoms with E-state index < -0.39 is 5.82 Å². The maximum atomic E-state index is 14.0. The van der Waals surface area contributed by atoms with E-state index in [0.29, 0.717) is 42.3 Å². The van der Waals surface area contributed by atoms with Crippen molar-refractivity contribution in [1.29, 1.82) is 0 Å². The van der Waals surface area contributed by atoms with Gasteiger partial charge in [0.15, 0.2) is 5.16 Å². The number of nitrogens with zero attached hydrogens (tertiary/aromatic N) is 4. The number of benzene rings is 1. The van der Waals surface area contributed by atoms with E-state index in [2.05, 4.69) is 22.2 Å². The third-order valence-corrected chi connectivity index (χ3v) is 6.20. The number of carbonyl (C=O) groups excluding carboxylic acids is 2. The lowest BCUT2D eigenvalue weighted by atomic mass is 10.1. The Morgan fingerprint density at radius 2 is 2.06 bits per heavy atom. The average molecular weight is 480 g/mol. The SMILES string of the molecule is CCCCNC(=O)CSc1nc(Cl)cc(N2CCN(C(=O)c3ccccc3F)C(C)C2)n1. The molecule has 1 saturated heterocycles. The number of unbranched alkanes of at least 4 members (excludes halogenated alkanes) is 1. The number of hydrogen-bond acceptors (Lipinski definition) is 6. The fourth-order valence-corrected chi connectivity index (χ4v) is 4.37. The molecule has 1 atom stereocenters. The molecule has 0 bridgehead atoms. The fourth-order valence-electron chi connectivity index (χ4n) is 3.45. The molecule has 1 unspecified atom stereocenters. The predicted molar refractivity (Wildman–Crippen MR) is 125 cm³/mol. The molecule has 32 heavy (non-hydrogen) atoms. The molecule has 0 spiro atoms. The Morgan fingerprint density at radius 1 is 1.28 bits per heavy atom. The van der Waals surface area contributed by atoms with Crippen LogP contribution in [0.25, 0.3) is 0 Å². The lowest BCUT2D eigenvalue weighted by Gasteiger charge is -2.40. The summed E-state index contributed by atoms with van der Waals surface area (Å²) in [6.45, 7) is 6.13. The van der Waals surface area contributed by atoms with Crippen LogP contribution in [-0.2, 0) is 4.79 Å². The molecule has 10 heteroatoms. The highest BCUT2D eigenvalue weighted by molar-refractivity contribution is 7.99. The number of amides is 2. The molecule has 1 N–H and O–H groups in total. The van der Waals surface area contributed by atoms with Gasteiger partial charge in [0, 0.05) is 38.3 Å². The molecule has 3 rings (SSSR count). The van der Waals surface area contributed by atoms with Crippen LogP contribution < -0.4 is 10.2 Å². The second-order valence-electron chi connectivity index (χ2n) is 7.60. The van der Waals surface area contributed by atoms with Gasteiger partial charge < -0.3 is 15.1 Å². The smallest absolute Gasteiger partial charge is 0.257 e. The molecule has 2 amide bonds. The van der Waals surface area contributed by atoms with Crippen LogP contribution in [0.2, 0.25) is 5.15 Å². The minimum Gasteiger partial charge on any atom is -0.355 e. The molecule has 1 aliphatic rings. The minimum absolute atomic E-state index is 0.0672. The van der Waals surface area contributed by atoms with Crippen molar-refractivity contribution in [2.24, 2.45) is 0 Å². The van der Waals surface area contributed by atoms with E-state index in [-0.39, 0.29) is 29.2 Å². The van der Waals surface area contributed by atoms with Crippen LogP contribution in [0.15, 0.2) is 35.5 Å². The van der Waals surface area contributed by atoms with E-state index in [4.69, 9.17) is 11.6 Å². The standard InChI is InChI=1S/C22H27ClFN5O2S/c1-3-4-9-25-20(30)14-32-22-26-18(23)12-19(27-22)28-10-11-29(15(2)13-28)21(31)16-7-5-6-8-17(16)24/h5-8,12,15H,3-4,9-11,13-14H2,1-2H3,(H,25,30). The second kappa shape index (κ2) is 11.5. The molecule has 0 aliphatic carbocycles. The molecular formula is C22H27ClFN5O2S. The zero-order chi connectivity index (χ0) is 23.1. The van der Waals surface area contributed by atoms with Gasteiger partial charge in [-0.25, -0.2) is 14.4 Å². The van der Waals surface area contributed by atoms with E-state index in [9.17, 15) is 14.0 Å². The van der Waals surface area contributed by atoms with Crippen molar-refractivity contribution < 1.29 is 14.0 Å². The molecular weight excluding hydrogens is 453 g/mol. The first-order chi connectivity index (χ1) is 15.4. The second-order valence-corrected chi connectivity index (χ2v) is 8.93. The highest BCUT2D eigenvalue weighted by atomic mass is 35.5. The van der Waals surface area contributed by atoms with E-state index in [0.717, 1.165) is 12.8 Å². The summed E-state index contributed by atoms with van der Waals surface area (Å²) in [5, 5.41) is 3.58. The van der Waals surface area contributed by atoms with Gasteiger partial charge >= 0.3 is 0 Å². The molecule has 0 saturated carbocycles. The fraction of sp³-hybridized carbons (Fsp3) is 0.455. The van der Waals surface area contributed by atoms with Gasteiger partial charge in [-0.05, 0) is 25.5 Å². The third-order valence-electron chi connectivity index (χ3n) is 5.16. The van der Waals surface area contributed by atoms with Gasteiger partial charge in [0.05, 0.1) is 11.3 Å². The van der Waals surface area contributed by atoms with Crippen LogP contribution in [0, 0.1) is 5.82 Å². The number of halogens is 2. The number of carbonyl (C=O) groups is 2. The zero-order valence-corrected chi connectivity index (χ0v) is 19.8. The van der Waals surface area contributed by atoms with Crippen LogP contribution >= 0.6 is 23.4 Å². The van der Waals surface area contributed by atoms with Crippen molar-refractivity contribution in [3.8, 4) is 0 Å². The summed E-state index contributed by atoms with van der Waals surface area (Å²) >= 11 is 7.43. The monoisotopic (exact) mass is 479 g/mol. The van der Waals surface area contributed by atoms with E-state index >= 15 is 0 Å². The van der Waals surface area contributed by atoms with Crippen molar-refractivity contribution in [3.63, 3.8) is 0 Å². The molecule has 0 radical (unpaired) electrons. The molecule has 2 aromatic rings. The number of nitrogens with one attached hydrogen (secondary N) is 1. The first-order valence-corrected chi connectivity index (χ1v) is 12.0. The summed E-state index contributed by atoms with van der Waals surface area (Å²) in [6.07, 6.45) is 1.96. The Labute approximate surface area is 196 Å². The third kappa shape index (κ3) is 6.32. The molecule has 172 valence electrons. The highest BCUT2D eigenvalue weighted by Crippen LogP contribution is 2.25. The lowest BCUT2D eigenvalue weighted by Crippen LogP contribution is -2.54. The normalized spacial score (nSPS) is 16.2. The Bertz CT molecular complexity index is 964. The van der Waals surface area contributed by atoms with Crippen molar-refractivity contribution in [2.45, 2.75) is 37.9 Å².